The van der Waals surface area contributed by atoms with Crippen LogP contribution in [0.4, 0.5) is 0 Å². The van der Waals surface area contributed by atoms with Gasteiger partial charge in [0, 0.05) is 17.5 Å². The smallest absolute Gasteiger partial charge is 0.236 e. The monoisotopic (exact) mass is 283 g/mol. The fourth-order valence-corrected chi connectivity index (χ4v) is 2.85. The Balaban J connectivity index is 2.54. The molecular formula is C14H25N3OS. The highest BCUT2D eigenvalue weighted by atomic mass is 32.1. The number of nitrogens with one attached hydrogen (secondary N) is 2. The molecule has 19 heavy (non-hydrogen) atoms. The van der Waals surface area contributed by atoms with Gasteiger partial charge in [0.25, 0.3) is 0 Å². The molecule has 0 radical (unpaired) electrons. The normalized spacial score (nSPS) is 14.5. The topological polar surface area (TPSA) is 54.0 Å². The standard InChI is InChI=1S/C14H25N3OS/c1-8(2)7-15-14(18)10(4)16-9(3)13-11(5)19-12(6)17-13/h8-10,16H,7H2,1-6H3,(H,15,18). The number of aryl methyl sites for hydroxylation is 2. The first-order valence-corrected chi connectivity index (χ1v) is 7.60. The third-order valence-electron chi connectivity index (χ3n) is 2.93. The van der Waals surface area contributed by atoms with E-state index in [9.17, 15) is 4.79 Å². The van der Waals surface area contributed by atoms with Crippen LogP contribution in [-0.4, -0.2) is 23.5 Å². The van der Waals surface area contributed by atoms with Gasteiger partial charge < -0.3 is 5.32 Å². The molecule has 2 unspecified atom stereocenters. The summed E-state index contributed by atoms with van der Waals surface area (Å²) in [4.78, 5) is 17.6. The molecule has 0 aromatic carbocycles. The number of carbonyl (C=O) groups is 1. The molecule has 1 rings (SSSR count). The molecule has 0 fully saturated rings. The summed E-state index contributed by atoms with van der Waals surface area (Å²) in [5.74, 6) is 0.516. The Bertz CT molecular complexity index is 428. The lowest BCUT2D eigenvalue weighted by atomic mass is 10.1. The summed E-state index contributed by atoms with van der Waals surface area (Å²) in [6.07, 6.45) is 0. The zero-order valence-electron chi connectivity index (χ0n) is 12.7. The van der Waals surface area contributed by atoms with E-state index >= 15 is 0 Å². The van der Waals surface area contributed by atoms with Gasteiger partial charge in [-0.3, -0.25) is 10.1 Å². The molecule has 2 atom stereocenters. The molecule has 0 aliphatic heterocycles. The fraction of sp³-hybridized carbons (Fsp3) is 0.714. The quantitative estimate of drug-likeness (QED) is 0.843. The molecule has 0 saturated carbocycles. The van der Waals surface area contributed by atoms with Gasteiger partial charge in [0.05, 0.1) is 16.7 Å². The second-order valence-electron chi connectivity index (χ2n) is 5.42. The Kier molecular flexibility index (Phi) is 5.94. The molecule has 5 heteroatoms. The number of rotatable bonds is 6. The van der Waals surface area contributed by atoms with E-state index in [1.54, 1.807) is 11.3 Å². The maximum absolute atomic E-state index is 11.9. The van der Waals surface area contributed by atoms with Gasteiger partial charge in [-0.25, -0.2) is 4.98 Å². The fourth-order valence-electron chi connectivity index (χ4n) is 1.93. The maximum atomic E-state index is 11.9. The van der Waals surface area contributed by atoms with Crippen molar-refractivity contribution in [1.29, 1.82) is 0 Å². The number of aromatic nitrogens is 1. The molecule has 0 aliphatic carbocycles. The third-order valence-corrected chi connectivity index (χ3v) is 3.83. The van der Waals surface area contributed by atoms with Crippen LogP contribution < -0.4 is 10.6 Å². The second kappa shape index (κ2) is 7.01. The largest absolute Gasteiger partial charge is 0.354 e. The molecule has 0 saturated heterocycles. The summed E-state index contributed by atoms with van der Waals surface area (Å²) in [5, 5.41) is 7.31. The first-order chi connectivity index (χ1) is 8.81. The number of amides is 1. The Labute approximate surface area is 120 Å². The second-order valence-corrected chi connectivity index (χ2v) is 6.83. The van der Waals surface area contributed by atoms with Crippen molar-refractivity contribution in [3.63, 3.8) is 0 Å². The summed E-state index contributed by atoms with van der Waals surface area (Å²) < 4.78 is 0. The molecule has 0 spiro atoms. The first-order valence-electron chi connectivity index (χ1n) is 6.79. The van der Waals surface area contributed by atoms with E-state index in [0.29, 0.717) is 12.5 Å². The molecule has 0 aliphatic rings. The summed E-state index contributed by atoms with van der Waals surface area (Å²) in [7, 11) is 0. The van der Waals surface area contributed by atoms with E-state index in [0.717, 1.165) is 10.7 Å². The van der Waals surface area contributed by atoms with Crippen LogP contribution in [0.5, 0.6) is 0 Å². The lowest BCUT2D eigenvalue weighted by molar-refractivity contribution is -0.123. The third kappa shape index (κ3) is 4.91. The molecule has 2 N–H and O–H groups in total. The van der Waals surface area contributed by atoms with Gasteiger partial charge in [-0.05, 0) is 33.6 Å². The van der Waals surface area contributed by atoms with Crippen LogP contribution in [0.1, 0.15) is 49.3 Å². The highest BCUT2D eigenvalue weighted by Crippen LogP contribution is 2.22. The molecule has 1 amide bonds. The molecule has 0 bridgehead atoms. The predicted octanol–water partition coefficient (Wildman–Crippen LogP) is 2.57. The predicted molar refractivity (Wildman–Crippen MR) is 80.4 cm³/mol. The Morgan fingerprint density at radius 3 is 2.37 bits per heavy atom. The minimum atomic E-state index is -0.213. The molecule has 1 heterocycles. The zero-order chi connectivity index (χ0) is 14.6. The van der Waals surface area contributed by atoms with Crippen LogP contribution in [-0.2, 0) is 4.79 Å². The van der Waals surface area contributed by atoms with E-state index in [1.165, 1.54) is 4.88 Å². The Hall–Kier alpha value is -0.940. The molecule has 1 aromatic rings. The van der Waals surface area contributed by atoms with Crippen molar-refractivity contribution >= 4 is 17.2 Å². The molecular weight excluding hydrogens is 258 g/mol. The van der Waals surface area contributed by atoms with E-state index in [1.807, 2.05) is 20.8 Å². The molecule has 1 aromatic heterocycles. The van der Waals surface area contributed by atoms with Gasteiger partial charge >= 0.3 is 0 Å². The highest BCUT2D eigenvalue weighted by Gasteiger charge is 2.19. The molecule has 4 nitrogen and oxygen atoms in total. The van der Waals surface area contributed by atoms with Crippen molar-refractivity contribution in [2.75, 3.05) is 6.54 Å². The average Bonchev–Trinajstić information content (AvgIpc) is 2.65. The average molecular weight is 283 g/mol. The number of nitrogens with zero attached hydrogens (tertiary/aromatic N) is 1. The molecule has 108 valence electrons. The number of hydrogen-bond donors (Lipinski definition) is 2. The van der Waals surface area contributed by atoms with Crippen LogP contribution in [0.3, 0.4) is 0 Å². The summed E-state index contributed by atoms with van der Waals surface area (Å²) in [6, 6.07) is -0.125. The van der Waals surface area contributed by atoms with Gasteiger partial charge in [0.2, 0.25) is 5.91 Å². The number of thiazole rings is 1. The van der Waals surface area contributed by atoms with Gasteiger partial charge in [-0.2, -0.15) is 0 Å². The van der Waals surface area contributed by atoms with E-state index in [-0.39, 0.29) is 18.0 Å². The van der Waals surface area contributed by atoms with Crippen molar-refractivity contribution in [1.82, 2.24) is 15.6 Å². The summed E-state index contributed by atoms with van der Waals surface area (Å²) in [6.45, 7) is 12.9. The van der Waals surface area contributed by atoms with Gasteiger partial charge in [-0.15, -0.1) is 11.3 Å². The number of carbonyl (C=O) groups excluding carboxylic acids is 1. The summed E-state index contributed by atoms with van der Waals surface area (Å²) in [5.41, 5.74) is 1.05. The number of hydrogen-bond acceptors (Lipinski definition) is 4. The minimum Gasteiger partial charge on any atom is -0.354 e. The zero-order valence-corrected chi connectivity index (χ0v) is 13.5. The van der Waals surface area contributed by atoms with Crippen LogP contribution in [0.2, 0.25) is 0 Å². The van der Waals surface area contributed by atoms with Gasteiger partial charge in [0.15, 0.2) is 0 Å². The van der Waals surface area contributed by atoms with Crippen molar-refractivity contribution in [2.45, 2.75) is 53.6 Å². The van der Waals surface area contributed by atoms with Crippen LogP contribution in [0, 0.1) is 19.8 Å². The summed E-state index contributed by atoms with van der Waals surface area (Å²) >= 11 is 1.70. The Morgan fingerprint density at radius 1 is 1.26 bits per heavy atom. The van der Waals surface area contributed by atoms with Crippen LogP contribution in [0.15, 0.2) is 0 Å². The van der Waals surface area contributed by atoms with E-state index in [2.05, 4.69) is 36.4 Å². The minimum absolute atomic E-state index is 0.0464. The van der Waals surface area contributed by atoms with Crippen molar-refractivity contribution in [3.05, 3.63) is 15.6 Å². The van der Waals surface area contributed by atoms with E-state index in [4.69, 9.17) is 0 Å². The van der Waals surface area contributed by atoms with Gasteiger partial charge in [0.1, 0.15) is 0 Å². The maximum Gasteiger partial charge on any atom is 0.236 e. The lowest BCUT2D eigenvalue weighted by Crippen LogP contribution is -2.44. The Morgan fingerprint density at radius 2 is 1.89 bits per heavy atom. The van der Waals surface area contributed by atoms with Crippen molar-refractivity contribution < 1.29 is 4.79 Å². The SMILES string of the molecule is Cc1nc(C(C)NC(C)C(=O)NCC(C)C)c(C)s1. The lowest BCUT2D eigenvalue weighted by Gasteiger charge is -2.19. The highest BCUT2D eigenvalue weighted by molar-refractivity contribution is 7.11. The van der Waals surface area contributed by atoms with Crippen LogP contribution in [0.25, 0.3) is 0 Å². The van der Waals surface area contributed by atoms with Crippen molar-refractivity contribution in [3.8, 4) is 0 Å². The van der Waals surface area contributed by atoms with Crippen LogP contribution >= 0.6 is 11.3 Å². The first kappa shape index (κ1) is 16.1. The van der Waals surface area contributed by atoms with Crippen molar-refractivity contribution in [2.24, 2.45) is 5.92 Å². The van der Waals surface area contributed by atoms with E-state index < -0.39 is 0 Å². The van der Waals surface area contributed by atoms with Gasteiger partial charge in [-0.1, -0.05) is 13.8 Å².